The second kappa shape index (κ2) is 4.18. The highest BCUT2D eigenvalue weighted by atomic mass is 16.3. The molecule has 1 saturated carbocycles. The molecule has 1 aromatic heterocycles. The maximum atomic E-state index is 11.6. The van der Waals surface area contributed by atoms with Crippen LogP contribution < -0.4 is 11.2 Å². The Balaban J connectivity index is 2.31. The van der Waals surface area contributed by atoms with Gasteiger partial charge in [0.05, 0.1) is 0 Å². The molecule has 17 heavy (non-hydrogen) atoms. The number of aromatic amines is 1. The fourth-order valence-electron chi connectivity index (χ4n) is 1.97. The van der Waals surface area contributed by atoms with Gasteiger partial charge in [0.1, 0.15) is 11.6 Å². The molecule has 1 aromatic rings. The first-order chi connectivity index (χ1) is 8.10. The second-order valence-electron chi connectivity index (χ2n) is 4.52. The maximum Gasteiger partial charge on any atom is 0.328 e. The number of hydrogen-bond donors (Lipinski definition) is 2. The van der Waals surface area contributed by atoms with Gasteiger partial charge in [0.2, 0.25) is 0 Å². The van der Waals surface area contributed by atoms with Gasteiger partial charge < -0.3 is 5.11 Å². The molecule has 0 aromatic carbocycles. The van der Waals surface area contributed by atoms with Gasteiger partial charge in [0.15, 0.2) is 0 Å². The molecule has 6 heteroatoms. The Labute approximate surface area is 97.1 Å². The van der Waals surface area contributed by atoms with Crippen LogP contribution in [0.1, 0.15) is 24.8 Å². The highest BCUT2D eigenvalue weighted by Gasteiger charge is 2.42. The first kappa shape index (κ1) is 11.6. The summed E-state index contributed by atoms with van der Waals surface area (Å²) in [6, 6.07) is 1.75. The van der Waals surface area contributed by atoms with Gasteiger partial charge in [-0.3, -0.25) is 14.3 Å². The van der Waals surface area contributed by atoms with Crippen LogP contribution >= 0.6 is 0 Å². The minimum Gasteiger partial charge on any atom is -0.396 e. The van der Waals surface area contributed by atoms with E-state index in [-0.39, 0.29) is 17.6 Å². The summed E-state index contributed by atoms with van der Waals surface area (Å²) in [6.07, 6.45) is 3.85. The third-order valence-electron chi connectivity index (χ3n) is 3.24. The van der Waals surface area contributed by atoms with Crippen molar-refractivity contribution < 1.29 is 5.11 Å². The van der Waals surface area contributed by atoms with Crippen molar-refractivity contribution in [1.82, 2.24) is 9.55 Å². The zero-order valence-corrected chi connectivity index (χ0v) is 9.27. The molecule has 1 heterocycles. The molecule has 0 saturated heterocycles. The van der Waals surface area contributed by atoms with E-state index in [4.69, 9.17) is 10.4 Å². The van der Waals surface area contributed by atoms with Crippen LogP contribution in [0.3, 0.4) is 0 Å². The normalized spacial score (nSPS) is 16.5. The summed E-state index contributed by atoms with van der Waals surface area (Å²) in [4.78, 5) is 24.9. The number of nitrogens with zero attached hydrogens (tertiary/aromatic N) is 2. The summed E-state index contributed by atoms with van der Waals surface area (Å²) in [6.45, 7) is 0.529. The Kier molecular flexibility index (Phi) is 2.86. The quantitative estimate of drug-likeness (QED) is 0.739. The minimum absolute atomic E-state index is 0.0382. The zero-order chi connectivity index (χ0) is 12.5. The van der Waals surface area contributed by atoms with E-state index >= 15 is 0 Å². The smallest absolute Gasteiger partial charge is 0.328 e. The minimum atomic E-state index is -0.652. The van der Waals surface area contributed by atoms with Gasteiger partial charge in [0.25, 0.3) is 5.56 Å². The molecule has 1 aliphatic carbocycles. The number of aliphatic hydroxyl groups is 1. The van der Waals surface area contributed by atoms with E-state index in [1.54, 1.807) is 6.07 Å². The molecule has 0 amide bonds. The fraction of sp³-hybridized carbons (Fsp3) is 0.545. The molecule has 0 spiro atoms. The van der Waals surface area contributed by atoms with E-state index in [0.29, 0.717) is 13.0 Å². The average molecular weight is 235 g/mol. The zero-order valence-electron chi connectivity index (χ0n) is 9.27. The van der Waals surface area contributed by atoms with Crippen molar-refractivity contribution in [2.24, 2.45) is 5.41 Å². The highest BCUT2D eigenvalue weighted by Crippen LogP contribution is 2.49. The van der Waals surface area contributed by atoms with Crippen LogP contribution in [0.15, 0.2) is 15.8 Å². The van der Waals surface area contributed by atoms with Crippen molar-refractivity contribution >= 4 is 0 Å². The highest BCUT2D eigenvalue weighted by molar-refractivity contribution is 5.21. The lowest BCUT2D eigenvalue weighted by molar-refractivity contribution is 0.235. The van der Waals surface area contributed by atoms with Crippen LogP contribution in [0, 0.1) is 16.7 Å². The van der Waals surface area contributed by atoms with Crippen LogP contribution in [0.4, 0.5) is 0 Å². The Hall–Kier alpha value is -1.87. The van der Waals surface area contributed by atoms with Crippen LogP contribution in [0.5, 0.6) is 0 Å². The molecule has 0 aliphatic heterocycles. The standard InChI is InChI=1S/C11H13N3O3/c12-5-8-6-14(10(17)13-9(8)16)7-11(1-2-11)3-4-15/h6,15H,1-4,7H2,(H,13,16,17). The van der Waals surface area contributed by atoms with E-state index in [0.717, 1.165) is 12.8 Å². The number of H-pyrrole nitrogens is 1. The summed E-state index contributed by atoms with van der Waals surface area (Å²) in [5.41, 5.74) is -1.26. The van der Waals surface area contributed by atoms with Gasteiger partial charge in [-0.25, -0.2) is 4.79 Å². The predicted octanol–water partition coefficient (Wildman–Crippen LogP) is -0.429. The number of hydrogen-bond acceptors (Lipinski definition) is 4. The molecule has 0 atom stereocenters. The average Bonchev–Trinajstić information content (AvgIpc) is 3.03. The second-order valence-corrected chi connectivity index (χ2v) is 4.52. The number of nitrogens with one attached hydrogen (secondary N) is 1. The summed E-state index contributed by atoms with van der Waals surface area (Å²) < 4.78 is 1.35. The van der Waals surface area contributed by atoms with E-state index in [1.807, 2.05) is 0 Å². The largest absolute Gasteiger partial charge is 0.396 e. The molecule has 1 aliphatic rings. The Morgan fingerprint density at radius 3 is 2.76 bits per heavy atom. The third-order valence-corrected chi connectivity index (χ3v) is 3.24. The van der Waals surface area contributed by atoms with Crippen molar-refractivity contribution in [2.75, 3.05) is 6.61 Å². The van der Waals surface area contributed by atoms with Gasteiger partial charge in [-0.15, -0.1) is 0 Å². The van der Waals surface area contributed by atoms with Gasteiger partial charge in [-0.1, -0.05) is 0 Å². The van der Waals surface area contributed by atoms with Crippen LogP contribution in [-0.4, -0.2) is 21.3 Å². The number of rotatable bonds is 4. The summed E-state index contributed by atoms with van der Waals surface area (Å²) >= 11 is 0. The van der Waals surface area contributed by atoms with Gasteiger partial charge in [-0.05, 0) is 24.7 Å². The molecule has 1 fully saturated rings. The van der Waals surface area contributed by atoms with Crippen LogP contribution in [0.2, 0.25) is 0 Å². The third kappa shape index (κ3) is 2.29. The molecule has 0 bridgehead atoms. The molecule has 90 valence electrons. The molecule has 2 N–H and O–H groups in total. The molecule has 0 radical (unpaired) electrons. The number of nitriles is 1. The molecule has 0 unspecified atom stereocenters. The van der Waals surface area contributed by atoms with E-state index in [2.05, 4.69) is 4.98 Å². The molecular formula is C11H13N3O3. The fourth-order valence-corrected chi connectivity index (χ4v) is 1.97. The van der Waals surface area contributed by atoms with Crippen LogP contribution in [-0.2, 0) is 6.54 Å². The van der Waals surface area contributed by atoms with Crippen LogP contribution in [0.25, 0.3) is 0 Å². The van der Waals surface area contributed by atoms with E-state index in [1.165, 1.54) is 10.8 Å². The summed E-state index contributed by atoms with van der Waals surface area (Å²) in [7, 11) is 0. The lowest BCUT2D eigenvalue weighted by Crippen LogP contribution is -2.33. The van der Waals surface area contributed by atoms with Crippen molar-refractivity contribution in [3.8, 4) is 6.07 Å². The first-order valence-electron chi connectivity index (χ1n) is 5.45. The Morgan fingerprint density at radius 2 is 2.24 bits per heavy atom. The summed E-state index contributed by atoms with van der Waals surface area (Å²) in [5, 5.41) is 17.7. The number of aliphatic hydroxyl groups excluding tert-OH is 1. The van der Waals surface area contributed by atoms with Gasteiger partial charge in [-0.2, -0.15) is 5.26 Å². The Morgan fingerprint density at radius 1 is 1.53 bits per heavy atom. The van der Waals surface area contributed by atoms with Crippen molar-refractivity contribution in [1.29, 1.82) is 5.26 Å². The number of aromatic nitrogens is 2. The SMILES string of the molecule is N#Cc1cn(CC2(CCO)CC2)c(=O)[nH]c1=O. The monoisotopic (exact) mass is 235 g/mol. The van der Waals surface area contributed by atoms with Crippen molar-refractivity contribution in [2.45, 2.75) is 25.8 Å². The summed E-state index contributed by atoms with van der Waals surface area (Å²) in [5.74, 6) is 0. The van der Waals surface area contributed by atoms with Gasteiger partial charge in [0, 0.05) is 19.3 Å². The Bertz CT molecular complexity index is 575. The lowest BCUT2D eigenvalue weighted by atomic mass is 10.0. The predicted molar refractivity (Wildman–Crippen MR) is 59.4 cm³/mol. The lowest BCUT2D eigenvalue weighted by Gasteiger charge is -2.14. The first-order valence-corrected chi connectivity index (χ1v) is 5.45. The maximum absolute atomic E-state index is 11.6. The van der Waals surface area contributed by atoms with Crippen molar-refractivity contribution in [3.63, 3.8) is 0 Å². The van der Waals surface area contributed by atoms with E-state index < -0.39 is 11.2 Å². The topological polar surface area (TPSA) is 98.9 Å². The van der Waals surface area contributed by atoms with E-state index in [9.17, 15) is 9.59 Å². The molecule has 6 nitrogen and oxygen atoms in total. The molecular weight excluding hydrogens is 222 g/mol. The van der Waals surface area contributed by atoms with Gasteiger partial charge >= 0.3 is 5.69 Å². The molecule has 2 rings (SSSR count). The van der Waals surface area contributed by atoms with Crippen molar-refractivity contribution in [3.05, 3.63) is 32.6 Å².